The zero-order chi connectivity index (χ0) is 14.0. The quantitative estimate of drug-likeness (QED) is 0.799. The van der Waals surface area contributed by atoms with Gasteiger partial charge in [-0.05, 0) is 72.3 Å². The number of carbonyl (C=O) groups is 1. The van der Waals surface area contributed by atoms with Crippen molar-refractivity contribution in [3.8, 4) is 0 Å². The molecule has 2 rings (SSSR count). The lowest BCUT2D eigenvalue weighted by Gasteiger charge is -2.18. The first-order chi connectivity index (χ1) is 8.85. The fraction of sp³-hybridized carbons (Fsp3) is 0.500. The van der Waals surface area contributed by atoms with Crippen molar-refractivity contribution in [1.29, 1.82) is 0 Å². The van der Waals surface area contributed by atoms with E-state index in [0.29, 0.717) is 0 Å². The van der Waals surface area contributed by atoms with E-state index in [4.69, 9.17) is 0 Å². The topological polar surface area (TPSA) is 61.4 Å². The summed E-state index contributed by atoms with van der Waals surface area (Å²) in [5, 5.41) is 15.0. The molecule has 0 unspecified atom stereocenters. The van der Waals surface area contributed by atoms with Crippen LogP contribution in [0.15, 0.2) is 16.6 Å². The summed E-state index contributed by atoms with van der Waals surface area (Å²) in [5.74, 6) is 0. The number of amides is 2. The van der Waals surface area contributed by atoms with Crippen LogP contribution in [0.2, 0.25) is 0 Å². The summed E-state index contributed by atoms with van der Waals surface area (Å²) in [7, 11) is 0. The largest absolute Gasteiger partial charge is 0.389 e. The summed E-state index contributed by atoms with van der Waals surface area (Å²) in [5.41, 5.74) is 2.52. The summed E-state index contributed by atoms with van der Waals surface area (Å²) in [6.45, 7) is 3.51. The van der Waals surface area contributed by atoms with Crippen LogP contribution in [-0.4, -0.2) is 23.3 Å². The van der Waals surface area contributed by atoms with Gasteiger partial charge in [-0.3, -0.25) is 0 Å². The molecule has 0 spiro atoms. The predicted octanol–water partition coefficient (Wildman–Crippen LogP) is 2.83. The molecule has 104 valence electrons. The van der Waals surface area contributed by atoms with Crippen molar-refractivity contribution in [2.45, 2.75) is 38.7 Å². The number of benzene rings is 1. The van der Waals surface area contributed by atoms with Gasteiger partial charge in [-0.25, -0.2) is 4.79 Å². The van der Waals surface area contributed by atoms with Crippen LogP contribution in [0.3, 0.4) is 0 Å². The normalized spacial score (nSPS) is 14.1. The zero-order valence-electron chi connectivity index (χ0n) is 11.2. The van der Waals surface area contributed by atoms with Crippen molar-refractivity contribution < 1.29 is 9.90 Å². The Morgan fingerprint density at radius 1 is 1.37 bits per heavy atom. The Hall–Kier alpha value is -1.07. The first-order valence-corrected chi connectivity index (χ1v) is 7.23. The maximum atomic E-state index is 11.8. The Bertz CT molecular complexity index is 495. The number of nitrogens with one attached hydrogen (secondary N) is 2. The van der Waals surface area contributed by atoms with Gasteiger partial charge in [0.05, 0.1) is 11.3 Å². The number of hydrogen-bond donors (Lipinski definition) is 3. The van der Waals surface area contributed by atoms with E-state index >= 15 is 0 Å². The van der Waals surface area contributed by atoms with Gasteiger partial charge in [0.2, 0.25) is 0 Å². The third kappa shape index (κ3) is 3.94. The minimum Gasteiger partial charge on any atom is -0.389 e. The lowest BCUT2D eigenvalue weighted by atomic mass is 10.1. The molecule has 1 aromatic rings. The van der Waals surface area contributed by atoms with Gasteiger partial charge >= 0.3 is 6.03 Å². The summed E-state index contributed by atoms with van der Waals surface area (Å²) < 4.78 is 0.895. The molecule has 0 saturated heterocycles. The first kappa shape index (κ1) is 14.3. The first-order valence-electron chi connectivity index (χ1n) is 6.44. The van der Waals surface area contributed by atoms with Gasteiger partial charge in [0.25, 0.3) is 0 Å². The van der Waals surface area contributed by atoms with E-state index in [1.807, 2.05) is 6.07 Å². The Morgan fingerprint density at radius 3 is 2.63 bits per heavy atom. The van der Waals surface area contributed by atoms with Gasteiger partial charge < -0.3 is 15.7 Å². The van der Waals surface area contributed by atoms with Crippen LogP contribution in [0.1, 0.15) is 31.4 Å². The molecule has 3 N–H and O–H groups in total. The molecule has 0 bridgehead atoms. The van der Waals surface area contributed by atoms with E-state index in [-0.39, 0.29) is 12.6 Å². The smallest absolute Gasteiger partial charge is 0.319 e. The summed E-state index contributed by atoms with van der Waals surface area (Å²) >= 11 is 3.48. The number of anilines is 1. The van der Waals surface area contributed by atoms with Gasteiger partial charge in [0.1, 0.15) is 0 Å². The molecule has 0 radical (unpaired) electrons. The molecular formula is C14H19BrN2O2. The van der Waals surface area contributed by atoms with Crippen LogP contribution in [0.5, 0.6) is 0 Å². The molecule has 0 saturated carbocycles. The number of fused-ring (bicyclic) bond motifs is 1. The molecule has 0 aromatic heterocycles. The summed E-state index contributed by atoms with van der Waals surface area (Å²) in [4.78, 5) is 11.8. The molecule has 19 heavy (non-hydrogen) atoms. The van der Waals surface area contributed by atoms with Gasteiger partial charge in [-0.15, -0.1) is 0 Å². The molecule has 2 amide bonds. The fourth-order valence-electron chi connectivity index (χ4n) is 2.15. The average Bonchev–Trinajstić information content (AvgIpc) is 2.73. The highest BCUT2D eigenvalue weighted by Crippen LogP contribution is 2.31. The maximum Gasteiger partial charge on any atom is 0.319 e. The number of aliphatic hydroxyl groups is 1. The number of rotatable bonds is 3. The number of urea groups is 1. The van der Waals surface area contributed by atoms with Crippen molar-refractivity contribution >= 4 is 27.6 Å². The third-order valence-corrected chi connectivity index (χ3v) is 3.77. The molecule has 1 aliphatic carbocycles. The molecule has 1 aliphatic rings. The van der Waals surface area contributed by atoms with E-state index in [2.05, 4.69) is 32.6 Å². The second-order valence-electron chi connectivity index (χ2n) is 5.57. The van der Waals surface area contributed by atoms with E-state index in [1.54, 1.807) is 13.8 Å². The number of carbonyl (C=O) groups excluding carboxylic acids is 1. The van der Waals surface area contributed by atoms with Crippen molar-refractivity contribution in [3.05, 3.63) is 27.7 Å². The predicted molar refractivity (Wildman–Crippen MR) is 79.5 cm³/mol. The van der Waals surface area contributed by atoms with Crippen LogP contribution < -0.4 is 10.6 Å². The van der Waals surface area contributed by atoms with Crippen LogP contribution in [-0.2, 0) is 12.8 Å². The zero-order valence-corrected chi connectivity index (χ0v) is 12.8. The maximum absolute atomic E-state index is 11.8. The van der Waals surface area contributed by atoms with Crippen molar-refractivity contribution in [3.63, 3.8) is 0 Å². The van der Waals surface area contributed by atoms with Crippen molar-refractivity contribution in [2.75, 3.05) is 11.9 Å². The molecule has 0 fully saturated rings. The van der Waals surface area contributed by atoms with E-state index in [0.717, 1.165) is 23.0 Å². The molecule has 1 aromatic carbocycles. The Balaban J connectivity index is 2.01. The van der Waals surface area contributed by atoms with E-state index in [9.17, 15) is 9.90 Å². The fourth-order valence-corrected chi connectivity index (χ4v) is 2.64. The van der Waals surface area contributed by atoms with Crippen LogP contribution in [0.25, 0.3) is 0 Å². The highest BCUT2D eigenvalue weighted by atomic mass is 79.9. The number of halogens is 1. The standard InChI is InChI=1S/C14H19BrN2O2/c1-14(2,19)8-16-13(18)17-12-7-10-5-3-4-9(10)6-11(12)15/h6-7,19H,3-5,8H2,1-2H3,(H2,16,17,18). The van der Waals surface area contributed by atoms with E-state index < -0.39 is 5.60 Å². The lowest BCUT2D eigenvalue weighted by molar-refractivity contribution is 0.0826. The minimum absolute atomic E-state index is 0.210. The monoisotopic (exact) mass is 326 g/mol. The summed E-state index contributed by atoms with van der Waals surface area (Å²) in [6.07, 6.45) is 3.36. The molecule has 4 nitrogen and oxygen atoms in total. The molecule has 5 heteroatoms. The van der Waals surface area contributed by atoms with Crippen LogP contribution >= 0.6 is 15.9 Å². The van der Waals surface area contributed by atoms with E-state index in [1.165, 1.54) is 17.5 Å². The Kier molecular flexibility index (Phi) is 4.16. The molecule has 0 atom stereocenters. The van der Waals surface area contributed by atoms with Crippen LogP contribution in [0, 0.1) is 0 Å². The Labute approximate surface area is 121 Å². The molecule has 0 aliphatic heterocycles. The van der Waals surface area contributed by atoms with Gasteiger partial charge in [0, 0.05) is 11.0 Å². The average molecular weight is 327 g/mol. The Morgan fingerprint density at radius 2 is 2.00 bits per heavy atom. The minimum atomic E-state index is -0.910. The molecular weight excluding hydrogens is 308 g/mol. The highest BCUT2D eigenvalue weighted by Gasteiger charge is 2.16. The van der Waals surface area contributed by atoms with Crippen LogP contribution in [0.4, 0.5) is 10.5 Å². The van der Waals surface area contributed by atoms with Gasteiger partial charge in [-0.1, -0.05) is 0 Å². The second-order valence-corrected chi connectivity index (χ2v) is 6.43. The summed E-state index contributed by atoms with van der Waals surface area (Å²) in [6, 6.07) is 3.80. The van der Waals surface area contributed by atoms with Gasteiger partial charge in [0.15, 0.2) is 0 Å². The number of aryl methyl sites for hydroxylation is 2. The van der Waals surface area contributed by atoms with Crippen molar-refractivity contribution in [2.24, 2.45) is 0 Å². The second kappa shape index (κ2) is 5.51. The highest BCUT2D eigenvalue weighted by molar-refractivity contribution is 9.10. The van der Waals surface area contributed by atoms with Gasteiger partial charge in [-0.2, -0.15) is 0 Å². The number of hydrogen-bond acceptors (Lipinski definition) is 2. The molecule has 0 heterocycles. The van der Waals surface area contributed by atoms with Crippen molar-refractivity contribution in [1.82, 2.24) is 5.32 Å². The lowest BCUT2D eigenvalue weighted by Crippen LogP contribution is -2.40. The third-order valence-electron chi connectivity index (χ3n) is 3.11. The SMILES string of the molecule is CC(C)(O)CNC(=O)Nc1cc2c(cc1Br)CCC2.